The second-order valence-electron chi connectivity index (χ2n) is 6.80. The molecule has 144 valence electrons. The standard InChI is InChI=1S/C21H21N3O4/c1-27-19(25)12-16(14-4-7-22-8-5-14)20-17(23-24-21(20)26)11-13-2-3-18-15(10-13)6-9-28-18/h2-5,7-8,10,16H,6,9,11-12H2,1H3,(H2,23,24,26). The summed E-state index contributed by atoms with van der Waals surface area (Å²) >= 11 is 0. The third-order valence-corrected chi connectivity index (χ3v) is 5.09. The van der Waals surface area contributed by atoms with Crippen molar-refractivity contribution in [2.24, 2.45) is 0 Å². The lowest BCUT2D eigenvalue weighted by atomic mass is 9.87. The summed E-state index contributed by atoms with van der Waals surface area (Å²) in [7, 11) is 1.35. The minimum atomic E-state index is -0.418. The van der Waals surface area contributed by atoms with Gasteiger partial charge in [0.1, 0.15) is 5.75 Å². The number of nitrogens with zero attached hydrogens (tertiary/aromatic N) is 1. The molecule has 0 radical (unpaired) electrons. The van der Waals surface area contributed by atoms with Crippen LogP contribution in [0.4, 0.5) is 0 Å². The van der Waals surface area contributed by atoms with Gasteiger partial charge < -0.3 is 14.6 Å². The van der Waals surface area contributed by atoms with Crippen molar-refractivity contribution in [1.82, 2.24) is 15.2 Å². The summed E-state index contributed by atoms with van der Waals surface area (Å²) < 4.78 is 10.4. The van der Waals surface area contributed by atoms with Gasteiger partial charge in [-0.05, 0) is 34.9 Å². The van der Waals surface area contributed by atoms with Gasteiger partial charge in [-0.2, -0.15) is 0 Å². The second-order valence-corrected chi connectivity index (χ2v) is 6.80. The maximum absolute atomic E-state index is 12.6. The van der Waals surface area contributed by atoms with E-state index in [4.69, 9.17) is 9.47 Å². The number of benzene rings is 1. The van der Waals surface area contributed by atoms with Crippen molar-refractivity contribution in [3.05, 3.63) is 81.0 Å². The van der Waals surface area contributed by atoms with E-state index in [-0.39, 0.29) is 17.9 Å². The summed E-state index contributed by atoms with van der Waals surface area (Å²) in [4.78, 5) is 28.7. The van der Waals surface area contributed by atoms with Gasteiger partial charge in [-0.15, -0.1) is 0 Å². The molecule has 1 aromatic carbocycles. The van der Waals surface area contributed by atoms with Crippen LogP contribution >= 0.6 is 0 Å². The van der Waals surface area contributed by atoms with Gasteiger partial charge in [0.2, 0.25) is 0 Å². The Morgan fingerprint density at radius 1 is 1.25 bits per heavy atom. The number of ether oxygens (including phenoxy) is 2. The number of hydrogen-bond donors (Lipinski definition) is 2. The number of H-pyrrole nitrogens is 2. The first kappa shape index (κ1) is 18.0. The van der Waals surface area contributed by atoms with Crippen molar-refractivity contribution < 1.29 is 14.3 Å². The van der Waals surface area contributed by atoms with E-state index in [0.29, 0.717) is 18.6 Å². The second kappa shape index (κ2) is 7.72. The average molecular weight is 379 g/mol. The summed E-state index contributed by atoms with van der Waals surface area (Å²) in [5.41, 5.74) is 4.17. The summed E-state index contributed by atoms with van der Waals surface area (Å²) in [5, 5.41) is 5.67. The van der Waals surface area contributed by atoms with Gasteiger partial charge in [0.05, 0.1) is 20.1 Å². The molecular formula is C21H21N3O4. The number of methoxy groups -OCH3 is 1. The molecule has 0 aliphatic carbocycles. The molecule has 1 unspecified atom stereocenters. The number of nitrogens with one attached hydrogen (secondary N) is 2. The van der Waals surface area contributed by atoms with E-state index >= 15 is 0 Å². The van der Waals surface area contributed by atoms with Gasteiger partial charge in [-0.1, -0.05) is 12.1 Å². The van der Waals surface area contributed by atoms with Crippen molar-refractivity contribution in [2.45, 2.75) is 25.2 Å². The zero-order valence-corrected chi connectivity index (χ0v) is 15.5. The van der Waals surface area contributed by atoms with Crippen LogP contribution in [0.25, 0.3) is 0 Å². The third-order valence-electron chi connectivity index (χ3n) is 5.09. The molecule has 1 aliphatic heterocycles. The summed E-state index contributed by atoms with van der Waals surface area (Å²) in [6.45, 7) is 0.703. The van der Waals surface area contributed by atoms with Gasteiger partial charge in [0.25, 0.3) is 5.56 Å². The number of esters is 1. The van der Waals surface area contributed by atoms with E-state index in [2.05, 4.69) is 21.2 Å². The summed E-state index contributed by atoms with van der Waals surface area (Å²) in [6.07, 6.45) is 4.82. The Bertz CT molecular complexity index is 1040. The molecule has 0 amide bonds. The topological polar surface area (TPSA) is 97.1 Å². The highest BCUT2D eigenvalue weighted by Crippen LogP contribution is 2.30. The number of carbonyl (C=O) groups is 1. The van der Waals surface area contributed by atoms with Gasteiger partial charge in [0.15, 0.2) is 0 Å². The highest BCUT2D eigenvalue weighted by atomic mass is 16.5. The highest BCUT2D eigenvalue weighted by Gasteiger charge is 2.26. The lowest BCUT2D eigenvalue weighted by Gasteiger charge is -2.16. The van der Waals surface area contributed by atoms with Crippen molar-refractivity contribution in [2.75, 3.05) is 13.7 Å². The van der Waals surface area contributed by atoms with Crippen LogP contribution < -0.4 is 10.3 Å². The monoisotopic (exact) mass is 379 g/mol. The normalized spacial score (nSPS) is 13.6. The van der Waals surface area contributed by atoms with E-state index in [1.807, 2.05) is 24.3 Å². The molecule has 0 fully saturated rings. The first-order valence-corrected chi connectivity index (χ1v) is 9.16. The molecular weight excluding hydrogens is 358 g/mol. The molecule has 28 heavy (non-hydrogen) atoms. The fraction of sp³-hybridized carbons (Fsp3) is 0.286. The molecule has 4 rings (SSSR count). The van der Waals surface area contributed by atoms with E-state index in [9.17, 15) is 9.59 Å². The molecule has 0 saturated heterocycles. The van der Waals surface area contributed by atoms with Crippen LogP contribution in [0.5, 0.6) is 5.75 Å². The van der Waals surface area contributed by atoms with Gasteiger partial charge >= 0.3 is 5.97 Å². The number of rotatable bonds is 6. The smallest absolute Gasteiger partial charge is 0.306 e. The molecule has 2 aromatic heterocycles. The Morgan fingerprint density at radius 2 is 2.07 bits per heavy atom. The molecule has 1 aliphatic rings. The van der Waals surface area contributed by atoms with Crippen LogP contribution in [0.15, 0.2) is 47.5 Å². The molecule has 3 aromatic rings. The SMILES string of the molecule is COC(=O)CC(c1ccncc1)c1c(Cc2ccc3c(c2)CCO3)[nH][nH]c1=O. The van der Waals surface area contributed by atoms with Crippen molar-refractivity contribution in [1.29, 1.82) is 0 Å². The van der Waals surface area contributed by atoms with Crippen LogP contribution in [0.1, 0.15) is 40.3 Å². The van der Waals surface area contributed by atoms with Gasteiger partial charge in [-0.25, -0.2) is 0 Å². The van der Waals surface area contributed by atoms with Crippen molar-refractivity contribution in [3.8, 4) is 5.75 Å². The molecule has 3 heterocycles. The molecule has 0 saturated carbocycles. The Hall–Kier alpha value is -3.35. The first-order chi connectivity index (χ1) is 13.7. The van der Waals surface area contributed by atoms with Crippen LogP contribution in [0.3, 0.4) is 0 Å². The number of pyridine rings is 1. The van der Waals surface area contributed by atoms with Crippen LogP contribution in [0, 0.1) is 0 Å². The molecule has 2 N–H and O–H groups in total. The van der Waals surface area contributed by atoms with E-state index in [0.717, 1.165) is 29.0 Å². The Kier molecular flexibility index (Phi) is 4.97. The summed E-state index contributed by atoms with van der Waals surface area (Å²) in [6, 6.07) is 9.71. The largest absolute Gasteiger partial charge is 0.493 e. The molecule has 7 nitrogen and oxygen atoms in total. The fourth-order valence-corrected chi connectivity index (χ4v) is 3.70. The zero-order chi connectivity index (χ0) is 19.5. The Morgan fingerprint density at radius 3 is 2.86 bits per heavy atom. The average Bonchev–Trinajstić information content (AvgIpc) is 3.33. The predicted molar refractivity (Wildman–Crippen MR) is 103 cm³/mol. The van der Waals surface area contributed by atoms with Gasteiger partial charge in [-0.3, -0.25) is 19.7 Å². The molecule has 0 spiro atoms. The molecule has 1 atom stereocenters. The van der Waals surface area contributed by atoms with Crippen molar-refractivity contribution >= 4 is 5.97 Å². The van der Waals surface area contributed by atoms with E-state index < -0.39 is 5.92 Å². The van der Waals surface area contributed by atoms with Crippen LogP contribution in [-0.4, -0.2) is 34.9 Å². The molecule has 7 heteroatoms. The van der Waals surface area contributed by atoms with Crippen LogP contribution in [0.2, 0.25) is 0 Å². The maximum atomic E-state index is 12.6. The number of fused-ring (bicyclic) bond motifs is 1. The predicted octanol–water partition coefficient (Wildman–Crippen LogP) is 2.32. The number of aromatic nitrogens is 3. The van der Waals surface area contributed by atoms with E-state index in [1.54, 1.807) is 12.4 Å². The maximum Gasteiger partial charge on any atom is 0.306 e. The summed E-state index contributed by atoms with van der Waals surface area (Å²) in [5.74, 6) is 0.133. The zero-order valence-electron chi connectivity index (χ0n) is 15.5. The van der Waals surface area contributed by atoms with Crippen molar-refractivity contribution in [3.63, 3.8) is 0 Å². The molecule has 0 bridgehead atoms. The Labute approximate surface area is 161 Å². The first-order valence-electron chi connectivity index (χ1n) is 9.16. The van der Waals surface area contributed by atoms with E-state index in [1.165, 1.54) is 12.7 Å². The number of hydrogen-bond acceptors (Lipinski definition) is 5. The minimum absolute atomic E-state index is 0.0759. The highest BCUT2D eigenvalue weighted by molar-refractivity contribution is 5.71. The fourth-order valence-electron chi connectivity index (χ4n) is 3.70. The Balaban J connectivity index is 1.71. The quantitative estimate of drug-likeness (QED) is 0.641. The lowest BCUT2D eigenvalue weighted by Crippen LogP contribution is -2.18. The third kappa shape index (κ3) is 3.55. The van der Waals surface area contributed by atoms with Crippen LogP contribution in [-0.2, 0) is 22.4 Å². The number of aromatic amines is 2. The number of carbonyl (C=O) groups excluding carboxylic acids is 1. The minimum Gasteiger partial charge on any atom is -0.493 e. The van der Waals surface area contributed by atoms with Gasteiger partial charge in [0, 0.05) is 42.4 Å². The lowest BCUT2D eigenvalue weighted by molar-refractivity contribution is -0.140.